The molecule has 0 amide bonds. The molecule has 0 saturated heterocycles. The lowest BCUT2D eigenvalue weighted by Gasteiger charge is -2.10. The van der Waals surface area contributed by atoms with Gasteiger partial charge in [-0.2, -0.15) is 4.98 Å². The summed E-state index contributed by atoms with van der Waals surface area (Å²) in [5, 5.41) is 11.4. The van der Waals surface area contributed by atoms with E-state index in [1.165, 1.54) is 0 Å². The van der Waals surface area contributed by atoms with Crippen LogP contribution in [0.4, 0.5) is 0 Å². The van der Waals surface area contributed by atoms with Crippen LogP contribution in [0.25, 0.3) is 0 Å². The summed E-state index contributed by atoms with van der Waals surface area (Å²) in [6.45, 7) is 7.20. The maximum Gasteiger partial charge on any atom is 0.248 e. The van der Waals surface area contributed by atoms with Crippen molar-refractivity contribution in [1.29, 1.82) is 0 Å². The zero-order valence-corrected chi connectivity index (χ0v) is 10.8. The Labute approximate surface area is 105 Å². The topological polar surface area (TPSA) is 78.9 Å². The maximum absolute atomic E-state index is 5.62. The molecule has 7 nitrogen and oxygen atoms in total. The molecule has 18 heavy (non-hydrogen) atoms. The van der Waals surface area contributed by atoms with Crippen molar-refractivity contribution in [1.82, 2.24) is 25.1 Å². The molecule has 0 aliphatic heterocycles. The van der Waals surface area contributed by atoms with Crippen molar-refractivity contribution in [3.05, 3.63) is 24.1 Å². The second-order valence-corrected chi connectivity index (χ2v) is 4.52. The Balaban J connectivity index is 1.93. The summed E-state index contributed by atoms with van der Waals surface area (Å²) in [5.41, 5.74) is 0. The molecule has 0 radical (unpaired) electrons. The lowest BCUT2D eigenvalue weighted by atomic mass is 10.2. The summed E-state index contributed by atoms with van der Waals surface area (Å²) in [6, 6.07) is 0. The van der Waals surface area contributed by atoms with E-state index in [1.54, 1.807) is 17.1 Å². The minimum Gasteiger partial charge on any atom is -0.370 e. The number of aromatic nitrogens is 5. The van der Waals surface area contributed by atoms with Gasteiger partial charge in [-0.05, 0) is 12.8 Å². The Hall–Kier alpha value is -1.76. The van der Waals surface area contributed by atoms with Gasteiger partial charge in [0.1, 0.15) is 12.6 Å². The van der Waals surface area contributed by atoms with Gasteiger partial charge < -0.3 is 9.26 Å². The molecule has 0 N–H and O–H groups in total. The fourth-order valence-electron chi connectivity index (χ4n) is 1.36. The van der Waals surface area contributed by atoms with E-state index in [-0.39, 0.29) is 6.10 Å². The van der Waals surface area contributed by atoms with Crippen molar-refractivity contribution in [3.63, 3.8) is 0 Å². The molecule has 0 aliphatic rings. The molecule has 2 rings (SSSR count). The first-order valence-corrected chi connectivity index (χ1v) is 5.93. The SMILES string of the molecule is CC(C)CO[C@@H](C)c1noc(Cn2ccnn2)n1. The fourth-order valence-corrected chi connectivity index (χ4v) is 1.36. The quantitative estimate of drug-likeness (QED) is 0.773. The van der Waals surface area contributed by atoms with Crippen LogP contribution in [-0.4, -0.2) is 31.7 Å². The van der Waals surface area contributed by atoms with Gasteiger partial charge in [0.05, 0.1) is 6.20 Å². The highest BCUT2D eigenvalue weighted by Gasteiger charge is 2.15. The van der Waals surface area contributed by atoms with Crippen molar-refractivity contribution in [2.45, 2.75) is 33.4 Å². The zero-order chi connectivity index (χ0) is 13.0. The molecule has 7 heteroatoms. The Morgan fingerprint density at radius 3 is 2.89 bits per heavy atom. The Kier molecular flexibility index (Phi) is 4.03. The molecule has 1 atom stereocenters. The van der Waals surface area contributed by atoms with Crippen molar-refractivity contribution < 1.29 is 9.26 Å². The molecular formula is C11H17N5O2. The first-order chi connectivity index (χ1) is 8.65. The molecule has 0 unspecified atom stereocenters. The normalized spacial score (nSPS) is 13.1. The summed E-state index contributed by atoms with van der Waals surface area (Å²) in [5.74, 6) is 1.54. The van der Waals surface area contributed by atoms with Gasteiger partial charge in [-0.3, -0.25) is 0 Å². The highest BCUT2D eigenvalue weighted by atomic mass is 16.5. The first kappa shape index (κ1) is 12.7. The van der Waals surface area contributed by atoms with Gasteiger partial charge in [-0.1, -0.05) is 24.2 Å². The van der Waals surface area contributed by atoms with Crippen LogP contribution in [-0.2, 0) is 11.3 Å². The van der Waals surface area contributed by atoms with Gasteiger partial charge in [-0.15, -0.1) is 5.10 Å². The van der Waals surface area contributed by atoms with E-state index in [9.17, 15) is 0 Å². The minimum atomic E-state index is -0.166. The molecule has 2 aromatic rings. The van der Waals surface area contributed by atoms with Crippen LogP contribution in [0.3, 0.4) is 0 Å². The van der Waals surface area contributed by atoms with Crippen LogP contribution in [0.1, 0.15) is 38.6 Å². The Bertz CT molecular complexity index is 465. The van der Waals surface area contributed by atoms with Crippen LogP contribution in [0.2, 0.25) is 0 Å². The lowest BCUT2D eigenvalue weighted by molar-refractivity contribution is 0.0402. The smallest absolute Gasteiger partial charge is 0.248 e. The van der Waals surface area contributed by atoms with E-state index in [4.69, 9.17) is 9.26 Å². The van der Waals surface area contributed by atoms with Gasteiger partial charge >= 0.3 is 0 Å². The van der Waals surface area contributed by atoms with E-state index in [0.29, 0.717) is 30.8 Å². The summed E-state index contributed by atoms with van der Waals surface area (Å²) in [6.07, 6.45) is 3.18. The van der Waals surface area contributed by atoms with Crippen LogP contribution in [0.15, 0.2) is 16.9 Å². The van der Waals surface area contributed by atoms with Crippen LogP contribution in [0, 0.1) is 5.92 Å². The highest BCUT2D eigenvalue weighted by Crippen LogP contribution is 2.14. The third-order valence-corrected chi connectivity index (χ3v) is 2.30. The van der Waals surface area contributed by atoms with Crippen molar-refractivity contribution in [2.75, 3.05) is 6.61 Å². The molecule has 0 saturated carbocycles. The monoisotopic (exact) mass is 251 g/mol. The van der Waals surface area contributed by atoms with Gasteiger partial charge in [-0.25, -0.2) is 4.68 Å². The molecule has 0 fully saturated rings. The van der Waals surface area contributed by atoms with Crippen molar-refractivity contribution in [2.24, 2.45) is 5.92 Å². The minimum absolute atomic E-state index is 0.166. The number of ether oxygens (including phenoxy) is 1. The maximum atomic E-state index is 5.62. The molecule has 0 aromatic carbocycles. The number of hydrogen-bond donors (Lipinski definition) is 0. The van der Waals surface area contributed by atoms with E-state index in [1.807, 2.05) is 6.92 Å². The van der Waals surface area contributed by atoms with Crippen LogP contribution in [0.5, 0.6) is 0 Å². The predicted molar refractivity (Wildman–Crippen MR) is 62.6 cm³/mol. The summed E-state index contributed by atoms with van der Waals surface area (Å²) in [7, 11) is 0. The van der Waals surface area contributed by atoms with Crippen molar-refractivity contribution >= 4 is 0 Å². The Morgan fingerprint density at radius 2 is 2.22 bits per heavy atom. The molecule has 2 aromatic heterocycles. The first-order valence-electron chi connectivity index (χ1n) is 5.93. The van der Waals surface area contributed by atoms with Gasteiger partial charge in [0, 0.05) is 12.8 Å². The molecule has 2 heterocycles. The van der Waals surface area contributed by atoms with Gasteiger partial charge in [0.2, 0.25) is 5.89 Å². The van der Waals surface area contributed by atoms with Crippen LogP contribution >= 0.6 is 0 Å². The predicted octanol–water partition coefficient (Wildman–Crippen LogP) is 1.44. The van der Waals surface area contributed by atoms with E-state index in [2.05, 4.69) is 34.3 Å². The molecule has 98 valence electrons. The lowest BCUT2D eigenvalue weighted by Crippen LogP contribution is -2.08. The fraction of sp³-hybridized carbons (Fsp3) is 0.636. The van der Waals surface area contributed by atoms with Crippen molar-refractivity contribution in [3.8, 4) is 0 Å². The second kappa shape index (κ2) is 5.72. The van der Waals surface area contributed by atoms with E-state index < -0.39 is 0 Å². The molecular weight excluding hydrogens is 234 g/mol. The summed E-state index contributed by atoms with van der Waals surface area (Å²) < 4.78 is 12.4. The van der Waals surface area contributed by atoms with E-state index in [0.717, 1.165) is 0 Å². The molecule has 0 aliphatic carbocycles. The second-order valence-electron chi connectivity index (χ2n) is 4.52. The Morgan fingerprint density at radius 1 is 1.39 bits per heavy atom. The average molecular weight is 251 g/mol. The summed E-state index contributed by atoms with van der Waals surface area (Å²) in [4.78, 5) is 4.27. The zero-order valence-electron chi connectivity index (χ0n) is 10.8. The number of rotatable bonds is 6. The number of nitrogens with zero attached hydrogens (tertiary/aromatic N) is 5. The third kappa shape index (κ3) is 3.36. The van der Waals surface area contributed by atoms with E-state index >= 15 is 0 Å². The third-order valence-electron chi connectivity index (χ3n) is 2.30. The average Bonchev–Trinajstić information content (AvgIpc) is 2.98. The van der Waals surface area contributed by atoms with Gasteiger partial charge in [0.15, 0.2) is 5.82 Å². The van der Waals surface area contributed by atoms with Gasteiger partial charge in [0.25, 0.3) is 0 Å². The highest BCUT2D eigenvalue weighted by molar-refractivity contribution is 4.90. The largest absolute Gasteiger partial charge is 0.370 e. The molecule has 0 bridgehead atoms. The summed E-state index contributed by atoms with van der Waals surface area (Å²) >= 11 is 0. The molecule has 0 spiro atoms. The standard InChI is InChI=1S/C11H17N5O2/c1-8(2)7-17-9(3)11-13-10(18-14-11)6-16-5-4-12-15-16/h4-5,8-9H,6-7H2,1-3H3/t9-/m0/s1. The number of hydrogen-bond acceptors (Lipinski definition) is 6. The van der Waals surface area contributed by atoms with Crippen LogP contribution < -0.4 is 0 Å².